The van der Waals surface area contributed by atoms with Crippen LogP contribution < -0.4 is 0 Å². The van der Waals surface area contributed by atoms with Crippen LogP contribution in [0.3, 0.4) is 0 Å². The van der Waals surface area contributed by atoms with Crippen molar-refractivity contribution in [2.45, 2.75) is 39.0 Å². The largest absolute Gasteiger partial charge is 0.0922 e. The van der Waals surface area contributed by atoms with Gasteiger partial charge < -0.3 is 0 Å². The van der Waals surface area contributed by atoms with Crippen molar-refractivity contribution in [1.82, 2.24) is 0 Å². The standard InChI is InChI=1S/C10H18Br2/c1-2-10(7-11,8-12)9-5-3-4-6-9/h9H,2-8H2,1H3. The molecule has 0 aliphatic heterocycles. The van der Waals surface area contributed by atoms with Gasteiger partial charge in [0.05, 0.1) is 0 Å². The zero-order chi connectivity index (χ0) is 9.03. The molecular weight excluding hydrogens is 280 g/mol. The first-order valence-electron chi connectivity index (χ1n) is 4.91. The molecule has 1 aliphatic rings. The Morgan fingerprint density at radius 1 is 1.17 bits per heavy atom. The van der Waals surface area contributed by atoms with Gasteiger partial charge in [-0.15, -0.1) is 0 Å². The Kier molecular flexibility index (Phi) is 4.59. The first-order valence-corrected chi connectivity index (χ1v) is 7.15. The Bertz CT molecular complexity index is 116. The molecule has 0 aromatic heterocycles. The molecule has 72 valence electrons. The summed E-state index contributed by atoms with van der Waals surface area (Å²) >= 11 is 7.35. The van der Waals surface area contributed by atoms with Gasteiger partial charge in [0.15, 0.2) is 0 Å². The molecule has 1 rings (SSSR count). The van der Waals surface area contributed by atoms with Gasteiger partial charge in [0.25, 0.3) is 0 Å². The van der Waals surface area contributed by atoms with Gasteiger partial charge >= 0.3 is 0 Å². The quantitative estimate of drug-likeness (QED) is 0.676. The number of hydrogen-bond donors (Lipinski definition) is 0. The Labute approximate surface area is 92.8 Å². The molecule has 12 heavy (non-hydrogen) atoms. The van der Waals surface area contributed by atoms with Crippen LogP contribution >= 0.6 is 31.9 Å². The van der Waals surface area contributed by atoms with E-state index in [4.69, 9.17) is 0 Å². The Hall–Kier alpha value is 0.960. The minimum Gasteiger partial charge on any atom is -0.0922 e. The van der Waals surface area contributed by atoms with Crippen LogP contribution in [0.15, 0.2) is 0 Å². The third kappa shape index (κ3) is 2.06. The fourth-order valence-corrected chi connectivity index (χ4v) is 4.91. The van der Waals surface area contributed by atoms with Gasteiger partial charge in [-0.3, -0.25) is 0 Å². The van der Waals surface area contributed by atoms with Gasteiger partial charge in [-0.1, -0.05) is 51.6 Å². The maximum Gasteiger partial charge on any atom is 0.00985 e. The monoisotopic (exact) mass is 296 g/mol. The van der Waals surface area contributed by atoms with Crippen LogP contribution in [0.4, 0.5) is 0 Å². The molecule has 0 atom stereocenters. The molecule has 0 radical (unpaired) electrons. The van der Waals surface area contributed by atoms with E-state index in [2.05, 4.69) is 38.8 Å². The summed E-state index contributed by atoms with van der Waals surface area (Å²) in [5, 5.41) is 2.32. The van der Waals surface area contributed by atoms with E-state index in [-0.39, 0.29) is 0 Å². The Morgan fingerprint density at radius 2 is 1.67 bits per heavy atom. The Balaban J connectivity index is 2.61. The van der Waals surface area contributed by atoms with Gasteiger partial charge in [0.2, 0.25) is 0 Å². The molecule has 2 heteroatoms. The fraction of sp³-hybridized carbons (Fsp3) is 1.00. The average Bonchev–Trinajstić information content (AvgIpc) is 2.62. The van der Waals surface area contributed by atoms with E-state index < -0.39 is 0 Å². The summed E-state index contributed by atoms with van der Waals surface area (Å²) in [6.07, 6.45) is 7.10. The van der Waals surface area contributed by atoms with Gasteiger partial charge in [-0.05, 0) is 30.6 Å². The molecule has 0 bridgehead atoms. The summed E-state index contributed by atoms with van der Waals surface area (Å²) in [6.45, 7) is 2.32. The van der Waals surface area contributed by atoms with Crippen LogP contribution in [0.1, 0.15) is 39.0 Å². The number of halogens is 2. The maximum atomic E-state index is 3.67. The van der Waals surface area contributed by atoms with E-state index in [1.165, 1.54) is 32.1 Å². The van der Waals surface area contributed by atoms with Crippen molar-refractivity contribution in [3.05, 3.63) is 0 Å². The third-order valence-corrected chi connectivity index (χ3v) is 5.69. The third-order valence-electron chi connectivity index (χ3n) is 3.46. The summed E-state index contributed by atoms with van der Waals surface area (Å²) in [6, 6.07) is 0. The minimum absolute atomic E-state index is 0.538. The zero-order valence-electron chi connectivity index (χ0n) is 7.78. The molecule has 0 heterocycles. The molecule has 1 fully saturated rings. The van der Waals surface area contributed by atoms with Crippen LogP contribution in [0, 0.1) is 11.3 Å². The van der Waals surface area contributed by atoms with Crippen LogP contribution in [0.2, 0.25) is 0 Å². The van der Waals surface area contributed by atoms with Crippen molar-refractivity contribution >= 4 is 31.9 Å². The summed E-state index contributed by atoms with van der Waals surface area (Å²) in [5.74, 6) is 0.959. The second-order valence-corrected chi connectivity index (χ2v) is 5.09. The molecule has 0 amide bonds. The normalized spacial score (nSPS) is 20.2. The minimum atomic E-state index is 0.538. The SMILES string of the molecule is CCC(CBr)(CBr)C1CCCC1. The highest BCUT2D eigenvalue weighted by Crippen LogP contribution is 2.44. The van der Waals surface area contributed by atoms with Crippen molar-refractivity contribution in [2.24, 2.45) is 11.3 Å². The summed E-state index contributed by atoms with van der Waals surface area (Å²) in [4.78, 5) is 0. The second kappa shape index (κ2) is 4.99. The fourth-order valence-electron chi connectivity index (χ4n) is 2.27. The van der Waals surface area contributed by atoms with Crippen LogP contribution in [-0.4, -0.2) is 10.7 Å². The van der Waals surface area contributed by atoms with Crippen molar-refractivity contribution < 1.29 is 0 Å². The highest BCUT2D eigenvalue weighted by atomic mass is 79.9. The summed E-state index contributed by atoms with van der Waals surface area (Å²) in [7, 11) is 0. The molecular formula is C10H18Br2. The number of rotatable bonds is 4. The van der Waals surface area contributed by atoms with E-state index in [0.717, 1.165) is 16.6 Å². The number of alkyl halides is 2. The first-order chi connectivity index (χ1) is 5.79. The highest BCUT2D eigenvalue weighted by Gasteiger charge is 2.36. The average molecular weight is 298 g/mol. The molecule has 0 aromatic rings. The predicted molar refractivity (Wildman–Crippen MR) is 62.3 cm³/mol. The molecule has 0 aromatic carbocycles. The van der Waals surface area contributed by atoms with E-state index in [9.17, 15) is 0 Å². The molecule has 1 saturated carbocycles. The molecule has 1 aliphatic carbocycles. The van der Waals surface area contributed by atoms with Crippen molar-refractivity contribution in [3.8, 4) is 0 Å². The van der Waals surface area contributed by atoms with Crippen LogP contribution in [0.5, 0.6) is 0 Å². The van der Waals surface area contributed by atoms with Crippen LogP contribution in [-0.2, 0) is 0 Å². The first kappa shape index (κ1) is 11.0. The molecule has 0 saturated heterocycles. The Morgan fingerprint density at radius 3 is 2.00 bits per heavy atom. The second-order valence-electron chi connectivity index (χ2n) is 3.96. The number of hydrogen-bond acceptors (Lipinski definition) is 0. The lowest BCUT2D eigenvalue weighted by Crippen LogP contribution is -2.32. The topological polar surface area (TPSA) is 0 Å². The summed E-state index contributed by atoms with van der Waals surface area (Å²) in [5.41, 5.74) is 0.538. The van der Waals surface area contributed by atoms with Crippen molar-refractivity contribution in [1.29, 1.82) is 0 Å². The van der Waals surface area contributed by atoms with Gasteiger partial charge in [0.1, 0.15) is 0 Å². The van der Waals surface area contributed by atoms with Gasteiger partial charge in [-0.2, -0.15) is 0 Å². The predicted octanol–water partition coefficient (Wildman–Crippen LogP) is 4.36. The lowest BCUT2D eigenvalue weighted by atomic mass is 9.76. The summed E-state index contributed by atoms with van der Waals surface area (Å²) < 4.78 is 0. The lowest BCUT2D eigenvalue weighted by molar-refractivity contribution is 0.226. The van der Waals surface area contributed by atoms with Gasteiger partial charge in [-0.25, -0.2) is 0 Å². The lowest BCUT2D eigenvalue weighted by Gasteiger charge is -2.35. The molecule has 0 spiro atoms. The maximum absolute atomic E-state index is 3.67. The van der Waals surface area contributed by atoms with Crippen molar-refractivity contribution in [3.63, 3.8) is 0 Å². The van der Waals surface area contributed by atoms with E-state index in [0.29, 0.717) is 5.41 Å². The molecule has 0 N–H and O–H groups in total. The van der Waals surface area contributed by atoms with E-state index in [1.807, 2.05) is 0 Å². The van der Waals surface area contributed by atoms with E-state index in [1.54, 1.807) is 0 Å². The van der Waals surface area contributed by atoms with E-state index >= 15 is 0 Å². The van der Waals surface area contributed by atoms with Gasteiger partial charge in [0, 0.05) is 10.7 Å². The molecule has 0 nitrogen and oxygen atoms in total. The highest BCUT2D eigenvalue weighted by molar-refractivity contribution is 9.09. The van der Waals surface area contributed by atoms with Crippen LogP contribution in [0.25, 0.3) is 0 Å². The smallest absolute Gasteiger partial charge is 0.00985 e. The zero-order valence-corrected chi connectivity index (χ0v) is 11.0. The molecule has 0 unspecified atom stereocenters. The van der Waals surface area contributed by atoms with Crippen molar-refractivity contribution in [2.75, 3.05) is 10.7 Å².